The molecule has 0 saturated carbocycles. The molecule has 0 aliphatic carbocycles. The Morgan fingerprint density at radius 1 is 0.729 bits per heavy atom. The summed E-state index contributed by atoms with van der Waals surface area (Å²) in [5.41, 5.74) is 0.768. The Morgan fingerprint density at radius 3 is 1.85 bits per heavy atom. The number of hydrogen-bond acceptors (Lipinski definition) is 9. The van der Waals surface area contributed by atoms with E-state index < -0.39 is 59.7 Å². The van der Waals surface area contributed by atoms with Crippen LogP contribution in [0.1, 0.15) is 47.8 Å². The van der Waals surface area contributed by atoms with Crippen molar-refractivity contribution < 1.29 is 103 Å². The van der Waals surface area contributed by atoms with Gasteiger partial charge in [0.05, 0.1) is 11.9 Å². The Hall–Kier alpha value is -3.39. The van der Waals surface area contributed by atoms with Gasteiger partial charge in [0, 0.05) is 24.9 Å². The molecule has 0 heterocycles. The van der Waals surface area contributed by atoms with Crippen molar-refractivity contribution in [3.8, 4) is 5.75 Å². The smallest absolute Gasteiger partial charge is 0.546 e. The summed E-state index contributed by atoms with van der Waals surface area (Å²) >= 11 is 0. The summed E-state index contributed by atoms with van der Waals surface area (Å²) in [5, 5.41) is 30.7. The van der Waals surface area contributed by atoms with Crippen LogP contribution < -0.4 is 90.0 Å². The summed E-state index contributed by atoms with van der Waals surface area (Å²) in [6, 6.07) is 19.9. The number of carboxylic acid groups (broad SMARTS) is 2. The predicted molar refractivity (Wildman–Crippen MR) is 163 cm³/mol. The van der Waals surface area contributed by atoms with E-state index in [1.807, 2.05) is 36.4 Å². The Morgan fingerprint density at radius 2 is 1.29 bits per heavy atom. The first-order chi connectivity index (χ1) is 21.8. The summed E-state index contributed by atoms with van der Waals surface area (Å²) in [6.45, 7) is 4.42. The fourth-order valence-electron chi connectivity index (χ4n) is 4.45. The molecule has 244 valence electrons. The van der Waals surface area contributed by atoms with E-state index in [-0.39, 0.29) is 84.3 Å². The van der Waals surface area contributed by atoms with Crippen molar-refractivity contribution in [1.29, 1.82) is 0 Å². The number of alkyl carbamates (subject to hydrolysis) is 1. The zero-order chi connectivity index (χ0) is 33.7. The van der Waals surface area contributed by atoms with E-state index in [4.69, 9.17) is 9.47 Å². The fraction of sp³-hybridized carbons (Fsp3) is 0.324. The van der Waals surface area contributed by atoms with Crippen LogP contribution >= 0.6 is 0 Å². The van der Waals surface area contributed by atoms with Crippen molar-refractivity contribution in [1.82, 2.24) is 16.0 Å². The molecule has 0 spiro atoms. The van der Waals surface area contributed by atoms with Crippen LogP contribution in [0, 0.1) is 0 Å². The minimum absolute atomic E-state index is 0. The number of hydrogen-bond donors (Lipinski definition) is 3. The molecule has 0 aliphatic heterocycles. The molecule has 3 amide bonds. The normalized spacial score (nSPS) is 11.7. The largest absolute Gasteiger partial charge is 1.00 e. The Bertz CT molecular complexity index is 1520. The molecule has 0 unspecified atom stereocenters. The van der Waals surface area contributed by atoms with Crippen molar-refractivity contribution >= 4 is 29.8 Å². The number of carbonyl (C=O) groups excluding carboxylic acids is 5. The molecule has 0 bridgehead atoms. The monoisotopic (exact) mass is 677 g/mol. The maximum absolute atomic E-state index is 13.7. The molecule has 2 atom stereocenters. The average Bonchev–Trinajstić information content (AvgIpc) is 2.99. The van der Waals surface area contributed by atoms with Gasteiger partial charge in [0.1, 0.15) is 30.0 Å². The first kappa shape index (κ1) is 42.6. The maximum atomic E-state index is 13.7. The molecule has 0 saturated heterocycles. The standard InChI is InChI=1S/C34H39N3O9.2Na/c1-34(2,3)46-33(44)37-27(19-23-12-8-5-9-13-23)31(41)36-26(30(40)35-17-16-22-10-6-4-7-11-22)20-24-14-15-28(45-21-29(38)39)25(18-24)32(42)43;;/h4-15,18,26-27H,16-17,19-21H2,1-3H3,(H,35,40)(H,36,41)(H,37,44)(H,38,39)(H,42,43);;/q;2*+1/p-2/t26-,27-;;/m0../s1. The molecule has 3 N–H and O–H groups in total. The van der Waals surface area contributed by atoms with E-state index in [1.54, 1.807) is 45.0 Å². The number of carbonyl (C=O) groups is 5. The second-order valence-corrected chi connectivity index (χ2v) is 11.5. The second-order valence-electron chi connectivity index (χ2n) is 11.5. The molecule has 0 radical (unpaired) electrons. The minimum Gasteiger partial charge on any atom is -0.546 e. The Kier molecular flexibility index (Phi) is 18.5. The van der Waals surface area contributed by atoms with Crippen LogP contribution in [0.15, 0.2) is 78.9 Å². The average molecular weight is 678 g/mol. The third kappa shape index (κ3) is 15.2. The SMILES string of the molecule is CC(C)(C)OC(=O)N[C@@H](Cc1ccccc1)C(=O)N[C@@H](Cc1ccc(OCC(=O)[O-])c(C(=O)[O-])c1)C(=O)NCCc1ccccc1.[Na+].[Na+]. The van der Waals surface area contributed by atoms with Crippen LogP contribution in [-0.4, -0.2) is 60.7 Å². The third-order valence-corrected chi connectivity index (χ3v) is 6.53. The Balaban J connectivity index is 0.00000576. The quantitative estimate of drug-likeness (QED) is 0.132. The topological polar surface area (TPSA) is 186 Å². The van der Waals surface area contributed by atoms with Gasteiger partial charge in [-0.05, 0) is 56.0 Å². The van der Waals surface area contributed by atoms with Gasteiger partial charge in [-0.25, -0.2) is 4.79 Å². The van der Waals surface area contributed by atoms with E-state index in [1.165, 1.54) is 18.2 Å². The van der Waals surface area contributed by atoms with Crippen LogP contribution in [0.2, 0.25) is 0 Å². The summed E-state index contributed by atoms with van der Waals surface area (Å²) < 4.78 is 10.4. The van der Waals surface area contributed by atoms with Gasteiger partial charge in [-0.15, -0.1) is 0 Å². The number of rotatable bonds is 15. The van der Waals surface area contributed by atoms with Gasteiger partial charge in [0.15, 0.2) is 0 Å². The van der Waals surface area contributed by atoms with E-state index in [0.29, 0.717) is 12.0 Å². The first-order valence-corrected chi connectivity index (χ1v) is 14.6. The number of amides is 3. The van der Waals surface area contributed by atoms with E-state index in [2.05, 4.69) is 16.0 Å². The number of benzene rings is 3. The zero-order valence-electron chi connectivity index (χ0n) is 27.9. The van der Waals surface area contributed by atoms with Gasteiger partial charge in [0.2, 0.25) is 11.8 Å². The fourth-order valence-corrected chi connectivity index (χ4v) is 4.45. The number of carboxylic acids is 2. The van der Waals surface area contributed by atoms with Crippen molar-refractivity contribution in [2.24, 2.45) is 0 Å². The second kappa shape index (κ2) is 20.9. The van der Waals surface area contributed by atoms with E-state index >= 15 is 0 Å². The Labute approximate surface area is 323 Å². The van der Waals surface area contributed by atoms with Gasteiger partial charge in [-0.2, -0.15) is 0 Å². The molecule has 48 heavy (non-hydrogen) atoms. The molecule has 12 nitrogen and oxygen atoms in total. The predicted octanol–water partition coefficient (Wildman–Crippen LogP) is -5.29. The number of aromatic carboxylic acids is 1. The molecule has 14 heteroatoms. The van der Waals surface area contributed by atoms with Gasteiger partial charge in [0.25, 0.3) is 0 Å². The van der Waals surface area contributed by atoms with Crippen LogP contribution in [-0.2, 0) is 38.4 Å². The molecule has 0 aromatic heterocycles. The number of ether oxygens (including phenoxy) is 2. The molecular formula is C34H37N3Na2O9. The summed E-state index contributed by atoms with van der Waals surface area (Å²) in [5.74, 6) is -4.66. The van der Waals surface area contributed by atoms with Gasteiger partial charge in [-0.3, -0.25) is 9.59 Å². The first-order valence-electron chi connectivity index (χ1n) is 14.6. The molecule has 3 aromatic carbocycles. The summed E-state index contributed by atoms with van der Waals surface area (Å²) in [6.07, 6.45) is -0.371. The third-order valence-electron chi connectivity index (χ3n) is 6.53. The summed E-state index contributed by atoms with van der Waals surface area (Å²) in [7, 11) is 0. The number of nitrogens with one attached hydrogen (secondary N) is 3. The molecular weight excluding hydrogens is 640 g/mol. The minimum atomic E-state index is -1.63. The van der Waals surface area contributed by atoms with Crippen molar-refractivity contribution in [2.45, 2.75) is 57.7 Å². The number of aliphatic carboxylic acids is 1. The maximum Gasteiger partial charge on any atom is 1.00 e. The van der Waals surface area contributed by atoms with Crippen LogP contribution in [0.4, 0.5) is 4.79 Å². The molecule has 3 aromatic rings. The summed E-state index contributed by atoms with van der Waals surface area (Å²) in [4.78, 5) is 62.4. The van der Waals surface area contributed by atoms with Gasteiger partial charge in [-0.1, -0.05) is 66.7 Å². The van der Waals surface area contributed by atoms with Gasteiger partial charge < -0.3 is 45.2 Å². The molecule has 0 fully saturated rings. The van der Waals surface area contributed by atoms with Crippen molar-refractivity contribution in [3.63, 3.8) is 0 Å². The van der Waals surface area contributed by atoms with E-state index in [9.17, 15) is 34.2 Å². The van der Waals surface area contributed by atoms with Crippen molar-refractivity contribution in [2.75, 3.05) is 13.2 Å². The van der Waals surface area contributed by atoms with Crippen molar-refractivity contribution in [3.05, 3.63) is 101 Å². The van der Waals surface area contributed by atoms with Gasteiger partial charge >= 0.3 is 65.2 Å². The molecule has 0 aliphatic rings. The van der Waals surface area contributed by atoms with Crippen LogP contribution in [0.3, 0.4) is 0 Å². The van der Waals surface area contributed by atoms with Crippen LogP contribution in [0.25, 0.3) is 0 Å². The zero-order valence-corrected chi connectivity index (χ0v) is 31.9. The van der Waals surface area contributed by atoms with E-state index in [0.717, 1.165) is 11.1 Å². The molecule has 3 rings (SSSR count). The van der Waals surface area contributed by atoms with Crippen LogP contribution in [0.5, 0.6) is 5.75 Å².